The summed E-state index contributed by atoms with van der Waals surface area (Å²) in [6.07, 6.45) is 1.66. The Morgan fingerprint density at radius 3 is 2.63 bits per heavy atom. The molecule has 1 aromatic carbocycles. The fraction of sp³-hybridized carbons (Fsp3) is 0.417. The van der Waals surface area contributed by atoms with Crippen LogP contribution in [0, 0.1) is 0 Å². The molecule has 104 valence electrons. The molecule has 0 unspecified atom stereocenters. The van der Waals surface area contributed by atoms with Crippen molar-refractivity contribution in [3.05, 3.63) is 23.8 Å². The maximum Gasteiger partial charge on any atom is 0.335 e. The lowest BCUT2D eigenvalue weighted by Gasteiger charge is -2.12. The number of hydrogen-bond donors (Lipinski definition) is 3. The van der Waals surface area contributed by atoms with Gasteiger partial charge in [0.15, 0.2) is 0 Å². The molecule has 0 saturated heterocycles. The van der Waals surface area contributed by atoms with Gasteiger partial charge in [0.1, 0.15) is 4.90 Å². The van der Waals surface area contributed by atoms with Gasteiger partial charge in [-0.3, -0.25) is 0 Å². The summed E-state index contributed by atoms with van der Waals surface area (Å²) in [7, 11) is -3.68. The van der Waals surface area contributed by atoms with Crippen LogP contribution in [0.2, 0.25) is 0 Å². The third-order valence-electron chi connectivity index (χ3n) is 2.78. The van der Waals surface area contributed by atoms with E-state index in [0.29, 0.717) is 12.2 Å². The van der Waals surface area contributed by atoms with E-state index in [1.54, 1.807) is 0 Å². The molecule has 0 aliphatic heterocycles. The summed E-state index contributed by atoms with van der Waals surface area (Å²) < 4.78 is 27.0. The van der Waals surface area contributed by atoms with Gasteiger partial charge in [0.25, 0.3) is 0 Å². The number of nitrogens with one attached hydrogen (secondary N) is 2. The molecule has 6 nitrogen and oxygen atoms in total. The van der Waals surface area contributed by atoms with Crippen LogP contribution in [0.1, 0.15) is 30.1 Å². The second kappa shape index (κ2) is 5.18. The molecule has 0 aromatic heterocycles. The lowest BCUT2D eigenvalue weighted by molar-refractivity contribution is 0.0696. The summed E-state index contributed by atoms with van der Waals surface area (Å²) in [5.41, 5.74) is 0.374. The predicted molar refractivity (Wildman–Crippen MR) is 70.9 cm³/mol. The molecule has 7 heteroatoms. The molecule has 3 N–H and O–H groups in total. The number of carboxylic acids is 1. The molecule has 2 rings (SSSR count). The molecule has 0 amide bonds. The fourth-order valence-corrected chi connectivity index (χ4v) is 3.21. The minimum Gasteiger partial charge on any atom is -0.478 e. The molecule has 1 aliphatic rings. The van der Waals surface area contributed by atoms with Crippen molar-refractivity contribution in [3.63, 3.8) is 0 Å². The van der Waals surface area contributed by atoms with Crippen LogP contribution in [0.25, 0.3) is 0 Å². The van der Waals surface area contributed by atoms with Crippen molar-refractivity contribution in [2.24, 2.45) is 0 Å². The molecule has 0 spiro atoms. The number of carbonyl (C=O) groups is 1. The lowest BCUT2D eigenvalue weighted by atomic mass is 10.2. The highest BCUT2D eigenvalue weighted by atomic mass is 32.2. The standard InChI is InChI=1S/C12H16N2O4S/c1-2-13-10-6-3-8(12(15)16)7-11(10)19(17,18)14-9-4-5-9/h3,6-7,9,13-14H,2,4-5H2,1H3,(H,15,16). The third-order valence-corrected chi connectivity index (χ3v) is 4.34. The van der Waals surface area contributed by atoms with Crippen LogP contribution >= 0.6 is 0 Å². The van der Waals surface area contributed by atoms with Crippen LogP contribution in [0.4, 0.5) is 5.69 Å². The quantitative estimate of drug-likeness (QED) is 0.731. The Morgan fingerprint density at radius 1 is 1.42 bits per heavy atom. The average molecular weight is 284 g/mol. The van der Waals surface area contributed by atoms with E-state index in [1.165, 1.54) is 18.2 Å². The lowest BCUT2D eigenvalue weighted by Crippen LogP contribution is -2.27. The van der Waals surface area contributed by atoms with Crippen molar-refractivity contribution in [1.82, 2.24) is 4.72 Å². The highest BCUT2D eigenvalue weighted by molar-refractivity contribution is 7.89. The summed E-state index contributed by atoms with van der Waals surface area (Å²) in [5, 5.41) is 11.9. The van der Waals surface area contributed by atoms with Gasteiger partial charge < -0.3 is 10.4 Å². The Balaban J connectivity index is 2.43. The molecule has 1 aromatic rings. The van der Waals surface area contributed by atoms with E-state index < -0.39 is 16.0 Å². The van der Waals surface area contributed by atoms with Gasteiger partial charge in [0.05, 0.1) is 11.3 Å². The van der Waals surface area contributed by atoms with E-state index in [9.17, 15) is 13.2 Å². The van der Waals surface area contributed by atoms with Gasteiger partial charge in [-0.05, 0) is 38.0 Å². The van der Waals surface area contributed by atoms with E-state index >= 15 is 0 Å². The predicted octanol–water partition coefficient (Wildman–Crippen LogP) is 1.26. The number of aromatic carboxylic acids is 1. The van der Waals surface area contributed by atoms with Crippen LogP contribution < -0.4 is 10.0 Å². The molecule has 1 aliphatic carbocycles. The fourth-order valence-electron chi connectivity index (χ4n) is 1.70. The Kier molecular flexibility index (Phi) is 3.77. The van der Waals surface area contributed by atoms with Crippen LogP contribution in [0.15, 0.2) is 23.1 Å². The second-order valence-electron chi connectivity index (χ2n) is 4.44. The van der Waals surface area contributed by atoms with Gasteiger partial charge in [0, 0.05) is 12.6 Å². The Hall–Kier alpha value is -1.60. The van der Waals surface area contributed by atoms with Gasteiger partial charge in [-0.2, -0.15) is 0 Å². The first-order valence-electron chi connectivity index (χ1n) is 6.07. The number of rotatable bonds is 6. The molecular formula is C12H16N2O4S. The zero-order valence-corrected chi connectivity index (χ0v) is 11.3. The van der Waals surface area contributed by atoms with E-state index in [1.807, 2.05) is 6.92 Å². The van der Waals surface area contributed by atoms with Crippen LogP contribution in [-0.2, 0) is 10.0 Å². The average Bonchev–Trinajstić information content (AvgIpc) is 3.12. The number of carboxylic acid groups (broad SMARTS) is 1. The molecule has 0 heterocycles. The van der Waals surface area contributed by atoms with Gasteiger partial charge in [0.2, 0.25) is 10.0 Å². The highest BCUT2D eigenvalue weighted by Gasteiger charge is 2.29. The van der Waals surface area contributed by atoms with Crippen LogP contribution in [-0.4, -0.2) is 32.1 Å². The molecule has 0 atom stereocenters. The first-order valence-corrected chi connectivity index (χ1v) is 7.56. The maximum atomic E-state index is 12.2. The Morgan fingerprint density at radius 2 is 2.11 bits per heavy atom. The van der Waals surface area contributed by atoms with Crippen molar-refractivity contribution in [1.29, 1.82) is 0 Å². The van der Waals surface area contributed by atoms with E-state index in [4.69, 9.17) is 5.11 Å². The van der Waals surface area contributed by atoms with Crippen LogP contribution in [0.3, 0.4) is 0 Å². The smallest absolute Gasteiger partial charge is 0.335 e. The SMILES string of the molecule is CCNc1ccc(C(=O)O)cc1S(=O)(=O)NC1CC1. The normalized spacial score (nSPS) is 15.2. The Bertz CT molecular complexity index is 594. The van der Waals surface area contributed by atoms with Crippen molar-refractivity contribution < 1.29 is 18.3 Å². The van der Waals surface area contributed by atoms with Crippen LogP contribution in [0.5, 0.6) is 0 Å². The third kappa shape index (κ3) is 3.24. The van der Waals surface area contributed by atoms with Gasteiger partial charge in [-0.15, -0.1) is 0 Å². The number of hydrogen-bond acceptors (Lipinski definition) is 4. The molecule has 0 bridgehead atoms. The first kappa shape index (κ1) is 13.8. The van der Waals surface area contributed by atoms with Gasteiger partial charge >= 0.3 is 5.97 Å². The molecule has 1 saturated carbocycles. The molecular weight excluding hydrogens is 268 g/mol. The van der Waals surface area contributed by atoms with Crippen molar-refractivity contribution in [3.8, 4) is 0 Å². The topological polar surface area (TPSA) is 95.5 Å². The first-order chi connectivity index (χ1) is 8.94. The van der Waals surface area contributed by atoms with Crippen molar-refractivity contribution in [2.45, 2.75) is 30.7 Å². The van der Waals surface area contributed by atoms with E-state index in [-0.39, 0.29) is 16.5 Å². The van der Waals surface area contributed by atoms with Gasteiger partial charge in [-0.25, -0.2) is 17.9 Å². The second-order valence-corrected chi connectivity index (χ2v) is 6.12. The summed E-state index contributed by atoms with van der Waals surface area (Å²) in [5.74, 6) is -1.15. The van der Waals surface area contributed by atoms with Gasteiger partial charge in [-0.1, -0.05) is 0 Å². The molecule has 1 fully saturated rings. The van der Waals surface area contributed by atoms with Crippen molar-refractivity contribution >= 4 is 21.7 Å². The number of sulfonamides is 1. The number of benzene rings is 1. The highest BCUT2D eigenvalue weighted by Crippen LogP contribution is 2.27. The number of anilines is 1. The molecule has 19 heavy (non-hydrogen) atoms. The summed E-state index contributed by atoms with van der Waals surface area (Å²) in [6, 6.07) is 4.03. The van der Waals surface area contributed by atoms with Crippen molar-refractivity contribution in [2.75, 3.05) is 11.9 Å². The Labute approximate surface area is 111 Å². The maximum absolute atomic E-state index is 12.2. The summed E-state index contributed by atoms with van der Waals surface area (Å²) >= 11 is 0. The summed E-state index contributed by atoms with van der Waals surface area (Å²) in [6.45, 7) is 2.40. The monoisotopic (exact) mass is 284 g/mol. The summed E-state index contributed by atoms with van der Waals surface area (Å²) in [4.78, 5) is 10.9. The largest absolute Gasteiger partial charge is 0.478 e. The zero-order valence-electron chi connectivity index (χ0n) is 10.5. The minimum absolute atomic E-state index is 0.0128. The van der Waals surface area contributed by atoms with E-state index in [0.717, 1.165) is 12.8 Å². The zero-order chi connectivity index (χ0) is 14.0. The molecule has 0 radical (unpaired) electrons. The minimum atomic E-state index is -3.68. The van der Waals surface area contributed by atoms with E-state index in [2.05, 4.69) is 10.0 Å².